The first-order chi connectivity index (χ1) is 18.8. The average Bonchev–Trinajstić information content (AvgIpc) is 3.64. The van der Waals surface area contributed by atoms with Gasteiger partial charge in [-0.15, -0.1) is 0 Å². The highest BCUT2D eigenvalue weighted by atomic mass is 15.1. The van der Waals surface area contributed by atoms with E-state index >= 15 is 0 Å². The molecule has 0 bridgehead atoms. The van der Waals surface area contributed by atoms with Gasteiger partial charge < -0.3 is 0 Å². The Morgan fingerprint density at radius 1 is 0.553 bits per heavy atom. The summed E-state index contributed by atoms with van der Waals surface area (Å²) in [6.07, 6.45) is 6.20. The summed E-state index contributed by atoms with van der Waals surface area (Å²) in [5, 5.41) is 4.72. The Hall–Kier alpha value is -5.16. The van der Waals surface area contributed by atoms with Crippen LogP contribution in [0.1, 0.15) is 0 Å². The summed E-state index contributed by atoms with van der Waals surface area (Å²) in [7, 11) is 2.04. The Morgan fingerprint density at radius 3 is 1.79 bits per heavy atom. The zero-order valence-electron chi connectivity index (χ0n) is 20.9. The van der Waals surface area contributed by atoms with E-state index in [0.717, 1.165) is 50.2 Å². The smallest absolute Gasteiger partial charge is 0.248 e. The fourth-order valence-electron chi connectivity index (χ4n) is 5.75. The van der Waals surface area contributed by atoms with E-state index in [1.807, 2.05) is 17.8 Å². The van der Waals surface area contributed by atoms with E-state index in [1.54, 1.807) is 0 Å². The lowest BCUT2D eigenvalue weighted by molar-refractivity contribution is -0.670. The van der Waals surface area contributed by atoms with Crippen molar-refractivity contribution in [3.63, 3.8) is 0 Å². The number of hydrogen-bond acceptors (Lipinski definition) is 1. The largest absolute Gasteiger partial charge is 0.294 e. The van der Waals surface area contributed by atoms with Gasteiger partial charge in [-0.3, -0.25) is 9.13 Å². The fourth-order valence-corrected chi connectivity index (χ4v) is 5.75. The van der Waals surface area contributed by atoms with Gasteiger partial charge in [0.05, 0.1) is 23.8 Å². The van der Waals surface area contributed by atoms with E-state index in [9.17, 15) is 0 Å². The number of nitrogens with zero attached hydrogens (tertiary/aromatic N) is 5. The van der Waals surface area contributed by atoms with E-state index in [-0.39, 0.29) is 0 Å². The Kier molecular flexibility index (Phi) is 4.37. The summed E-state index contributed by atoms with van der Waals surface area (Å²) in [5.74, 6) is 0. The van der Waals surface area contributed by atoms with Crippen molar-refractivity contribution in [1.29, 1.82) is 0 Å². The third-order valence-corrected chi connectivity index (χ3v) is 7.45. The third kappa shape index (κ3) is 2.99. The first-order valence-electron chi connectivity index (χ1n) is 12.8. The van der Waals surface area contributed by atoms with Crippen LogP contribution in [0.2, 0.25) is 0 Å². The highest BCUT2D eigenvalue weighted by molar-refractivity contribution is 6.16. The van der Waals surface area contributed by atoms with Gasteiger partial charge in [0.1, 0.15) is 29.4 Å². The van der Waals surface area contributed by atoms with E-state index in [2.05, 4.69) is 135 Å². The van der Waals surface area contributed by atoms with Gasteiger partial charge in [-0.25, -0.2) is 14.1 Å². The molecule has 38 heavy (non-hydrogen) atoms. The van der Waals surface area contributed by atoms with E-state index in [4.69, 9.17) is 4.98 Å². The van der Waals surface area contributed by atoms with Crippen LogP contribution in [-0.2, 0) is 7.05 Å². The SMILES string of the molecule is C[n+]1ccn(-c2cccc(-n3c4ccccc4c4cc5c6ccccc6n(-c6ccccc6)c5nc43)c2)c1. The van der Waals surface area contributed by atoms with Crippen molar-refractivity contribution in [3.8, 4) is 17.1 Å². The number of hydrogen-bond donors (Lipinski definition) is 0. The highest BCUT2D eigenvalue weighted by Gasteiger charge is 2.20. The van der Waals surface area contributed by atoms with Crippen LogP contribution >= 0.6 is 0 Å². The molecule has 4 aromatic carbocycles. The molecule has 4 aromatic heterocycles. The summed E-state index contributed by atoms with van der Waals surface area (Å²) in [6, 6.07) is 38.7. The van der Waals surface area contributed by atoms with Gasteiger partial charge in [-0.1, -0.05) is 60.7 Å². The first-order valence-corrected chi connectivity index (χ1v) is 12.8. The maximum absolute atomic E-state index is 5.43. The van der Waals surface area contributed by atoms with Crippen LogP contribution in [0.3, 0.4) is 0 Å². The molecule has 0 saturated heterocycles. The number of rotatable bonds is 3. The molecular weight excluding hydrogens is 466 g/mol. The minimum atomic E-state index is 0.953. The molecule has 4 heterocycles. The molecule has 5 nitrogen and oxygen atoms in total. The van der Waals surface area contributed by atoms with Crippen LogP contribution in [0.25, 0.3) is 60.9 Å². The number of imidazole rings is 1. The lowest BCUT2D eigenvalue weighted by Gasteiger charge is -2.09. The van der Waals surface area contributed by atoms with Crippen LogP contribution in [-0.4, -0.2) is 18.7 Å². The molecule has 0 spiro atoms. The molecule has 0 aliphatic rings. The average molecular weight is 491 g/mol. The third-order valence-electron chi connectivity index (χ3n) is 7.45. The molecule has 0 amide bonds. The molecular formula is C33H24N5+. The molecule has 8 aromatic rings. The quantitative estimate of drug-likeness (QED) is 0.248. The molecule has 0 saturated carbocycles. The fraction of sp³-hybridized carbons (Fsp3) is 0.0303. The normalized spacial score (nSPS) is 11.8. The van der Waals surface area contributed by atoms with Crippen molar-refractivity contribution >= 4 is 43.9 Å². The molecule has 0 unspecified atom stereocenters. The van der Waals surface area contributed by atoms with Gasteiger partial charge in [-0.2, -0.15) is 0 Å². The Balaban J connectivity index is 1.50. The van der Waals surface area contributed by atoms with Gasteiger partial charge in [0.2, 0.25) is 6.33 Å². The summed E-state index contributed by atoms with van der Waals surface area (Å²) >= 11 is 0. The molecule has 0 fully saturated rings. The number of pyridine rings is 1. The van der Waals surface area contributed by atoms with Gasteiger partial charge in [0.25, 0.3) is 0 Å². The minimum absolute atomic E-state index is 0.953. The lowest BCUT2D eigenvalue weighted by Crippen LogP contribution is -2.23. The van der Waals surface area contributed by atoms with Crippen LogP contribution in [0.5, 0.6) is 0 Å². The second kappa shape index (κ2) is 7.92. The molecule has 5 heteroatoms. The minimum Gasteiger partial charge on any atom is -0.294 e. The van der Waals surface area contributed by atoms with Gasteiger partial charge in [0, 0.05) is 33.3 Å². The second-order valence-electron chi connectivity index (χ2n) is 9.78. The maximum atomic E-state index is 5.43. The monoisotopic (exact) mass is 490 g/mol. The van der Waals surface area contributed by atoms with Crippen molar-refractivity contribution in [2.24, 2.45) is 7.05 Å². The number of fused-ring (bicyclic) bond motifs is 6. The maximum Gasteiger partial charge on any atom is 0.248 e. The molecule has 0 aliphatic heterocycles. The van der Waals surface area contributed by atoms with Crippen molar-refractivity contribution in [2.45, 2.75) is 0 Å². The highest BCUT2D eigenvalue weighted by Crippen LogP contribution is 2.37. The zero-order valence-corrected chi connectivity index (χ0v) is 20.9. The lowest BCUT2D eigenvalue weighted by atomic mass is 10.1. The van der Waals surface area contributed by atoms with Crippen molar-refractivity contribution in [2.75, 3.05) is 0 Å². The Bertz CT molecular complexity index is 2140. The summed E-state index contributed by atoms with van der Waals surface area (Å²) < 4.78 is 8.76. The Labute approximate surface area is 219 Å². The second-order valence-corrected chi connectivity index (χ2v) is 9.78. The molecule has 0 radical (unpaired) electrons. The zero-order chi connectivity index (χ0) is 25.2. The molecule has 0 aliphatic carbocycles. The van der Waals surface area contributed by atoms with Crippen molar-refractivity contribution < 1.29 is 4.57 Å². The summed E-state index contributed by atoms with van der Waals surface area (Å²) in [5.41, 5.74) is 7.51. The Morgan fingerprint density at radius 2 is 1.13 bits per heavy atom. The first kappa shape index (κ1) is 21.0. The van der Waals surface area contributed by atoms with E-state index in [0.29, 0.717) is 0 Å². The molecule has 180 valence electrons. The number of para-hydroxylation sites is 3. The summed E-state index contributed by atoms with van der Waals surface area (Å²) in [6.45, 7) is 0. The number of benzene rings is 4. The standard InChI is InChI=1S/C33H24N5/c1-35-18-19-36(22-35)24-12-9-13-25(20-24)38-31-17-8-6-15-27(31)29-21-28-26-14-5-7-16-30(26)37(32(28)34-33(29)38)23-10-3-2-4-11-23/h2-22H,1H3/q+1. The van der Waals surface area contributed by atoms with Gasteiger partial charge >= 0.3 is 0 Å². The molecule has 0 N–H and O–H groups in total. The van der Waals surface area contributed by atoms with Gasteiger partial charge in [0.15, 0.2) is 0 Å². The van der Waals surface area contributed by atoms with E-state index < -0.39 is 0 Å². The van der Waals surface area contributed by atoms with Crippen LogP contribution < -0.4 is 4.57 Å². The van der Waals surface area contributed by atoms with E-state index in [1.165, 1.54) is 10.8 Å². The predicted octanol–water partition coefficient (Wildman–Crippen LogP) is 6.89. The van der Waals surface area contributed by atoms with Crippen LogP contribution in [0.15, 0.2) is 128 Å². The molecule has 8 rings (SSSR count). The number of aryl methyl sites for hydroxylation is 1. The topological polar surface area (TPSA) is 31.6 Å². The predicted molar refractivity (Wildman–Crippen MR) is 153 cm³/mol. The number of aromatic nitrogens is 5. The van der Waals surface area contributed by atoms with Crippen molar-refractivity contribution in [3.05, 3.63) is 128 Å². The molecule has 0 atom stereocenters. The van der Waals surface area contributed by atoms with Crippen molar-refractivity contribution in [1.82, 2.24) is 18.7 Å². The van der Waals surface area contributed by atoms with Crippen LogP contribution in [0, 0.1) is 0 Å². The van der Waals surface area contributed by atoms with Crippen LogP contribution in [0.4, 0.5) is 0 Å². The van der Waals surface area contributed by atoms with Gasteiger partial charge in [-0.05, 0) is 42.5 Å². The summed E-state index contributed by atoms with van der Waals surface area (Å²) in [4.78, 5) is 5.43.